The van der Waals surface area contributed by atoms with Crippen LogP contribution in [0.2, 0.25) is 0 Å². The molecule has 6 nitrogen and oxygen atoms in total. The molecular weight excluding hydrogens is 270 g/mol. The largest absolute Gasteiger partial charge is 0.496 e. The third-order valence-corrected chi connectivity index (χ3v) is 3.80. The van der Waals surface area contributed by atoms with Crippen LogP contribution in [0, 0.1) is 5.41 Å². The molecule has 0 saturated heterocycles. The molecule has 1 unspecified atom stereocenters. The number of amidine groups is 1. The second-order valence-electron chi connectivity index (χ2n) is 5.14. The van der Waals surface area contributed by atoms with Crippen LogP contribution in [0.4, 0.5) is 0 Å². The van der Waals surface area contributed by atoms with Crippen molar-refractivity contribution in [2.45, 2.75) is 26.8 Å². The van der Waals surface area contributed by atoms with Crippen LogP contribution >= 0.6 is 0 Å². The van der Waals surface area contributed by atoms with Gasteiger partial charge in [0.25, 0.3) is 0 Å². The molecule has 0 aliphatic rings. The van der Waals surface area contributed by atoms with Crippen molar-refractivity contribution in [3.8, 4) is 5.75 Å². The highest BCUT2D eigenvalue weighted by Crippen LogP contribution is 2.26. The minimum absolute atomic E-state index is 0.0816. The normalized spacial score (nSPS) is 14.4. The third-order valence-electron chi connectivity index (χ3n) is 3.80. The fraction of sp³-hybridized carbons (Fsp3) is 0.467. The van der Waals surface area contributed by atoms with Gasteiger partial charge in [0.2, 0.25) is 5.91 Å². The number of carbonyl (C=O) groups excluding carboxylic acids is 1. The Balaban J connectivity index is 2.97. The van der Waals surface area contributed by atoms with Crippen molar-refractivity contribution < 1.29 is 14.7 Å². The Morgan fingerprint density at radius 3 is 2.62 bits per heavy atom. The summed E-state index contributed by atoms with van der Waals surface area (Å²) in [6.45, 7) is 3.88. The number of benzene rings is 1. The van der Waals surface area contributed by atoms with E-state index in [1.165, 1.54) is 0 Å². The summed E-state index contributed by atoms with van der Waals surface area (Å²) in [4.78, 5) is 14.2. The first-order valence-electron chi connectivity index (χ1n) is 6.76. The van der Waals surface area contributed by atoms with E-state index in [2.05, 4.69) is 5.16 Å². The first-order valence-corrected chi connectivity index (χ1v) is 6.76. The van der Waals surface area contributed by atoms with Crippen LogP contribution in [-0.2, 0) is 11.3 Å². The Labute approximate surface area is 125 Å². The summed E-state index contributed by atoms with van der Waals surface area (Å²) in [5.74, 6) is 0.437. The highest BCUT2D eigenvalue weighted by Gasteiger charge is 2.38. The van der Waals surface area contributed by atoms with Gasteiger partial charge in [0.15, 0.2) is 5.84 Å². The summed E-state index contributed by atoms with van der Waals surface area (Å²) in [5, 5.41) is 11.9. The summed E-state index contributed by atoms with van der Waals surface area (Å²) in [7, 11) is 3.28. The van der Waals surface area contributed by atoms with Crippen molar-refractivity contribution in [1.82, 2.24) is 4.90 Å². The predicted octanol–water partition coefficient (Wildman–Crippen LogP) is 1.82. The van der Waals surface area contributed by atoms with Crippen molar-refractivity contribution in [1.29, 1.82) is 0 Å². The Kier molecular flexibility index (Phi) is 5.58. The molecule has 1 aromatic rings. The first-order chi connectivity index (χ1) is 9.90. The molecule has 0 fully saturated rings. The van der Waals surface area contributed by atoms with E-state index in [0.29, 0.717) is 13.0 Å². The van der Waals surface area contributed by atoms with Crippen LogP contribution in [0.25, 0.3) is 0 Å². The fourth-order valence-electron chi connectivity index (χ4n) is 2.13. The first kappa shape index (κ1) is 16.8. The number of rotatable bonds is 6. The Bertz CT molecular complexity index is 531. The number of para-hydroxylation sites is 1. The van der Waals surface area contributed by atoms with E-state index in [9.17, 15) is 4.79 Å². The second kappa shape index (κ2) is 6.97. The van der Waals surface area contributed by atoms with Crippen LogP contribution in [0.3, 0.4) is 0 Å². The molecule has 0 radical (unpaired) electrons. The Morgan fingerprint density at radius 1 is 1.48 bits per heavy atom. The maximum absolute atomic E-state index is 12.6. The minimum atomic E-state index is -1.02. The number of ether oxygens (including phenoxy) is 1. The molecule has 1 amide bonds. The number of hydrogen-bond donors (Lipinski definition) is 2. The average molecular weight is 293 g/mol. The van der Waals surface area contributed by atoms with Gasteiger partial charge in [-0.15, -0.1) is 0 Å². The zero-order valence-corrected chi connectivity index (χ0v) is 13.0. The van der Waals surface area contributed by atoms with Gasteiger partial charge in [0.05, 0.1) is 7.11 Å². The summed E-state index contributed by atoms with van der Waals surface area (Å²) >= 11 is 0. The summed E-state index contributed by atoms with van der Waals surface area (Å²) in [6, 6.07) is 7.50. The molecule has 3 N–H and O–H groups in total. The lowest BCUT2D eigenvalue weighted by Crippen LogP contribution is -2.48. The maximum atomic E-state index is 12.6. The van der Waals surface area contributed by atoms with Gasteiger partial charge < -0.3 is 20.6 Å². The van der Waals surface area contributed by atoms with Crippen LogP contribution in [0.15, 0.2) is 29.4 Å². The number of amides is 1. The molecule has 1 atom stereocenters. The molecule has 0 aromatic heterocycles. The third kappa shape index (κ3) is 3.45. The van der Waals surface area contributed by atoms with E-state index in [1.807, 2.05) is 31.2 Å². The predicted molar refractivity (Wildman–Crippen MR) is 81.3 cm³/mol. The Morgan fingerprint density at radius 2 is 2.10 bits per heavy atom. The van der Waals surface area contributed by atoms with Crippen molar-refractivity contribution in [3.63, 3.8) is 0 Å². The van der Waals surface area contributed by atoms with E-state index in [1.54, 1.807) is 26.0 Å². The molecule has 0 heterocycles. The van der Waals surface area contributed by atoms with E-state index < -0.39 is 5.41 Å². The van der Waals surface area contributed by atoms with E-state index in [0.717, 1.165) is 11.3 Å². The van der Waals surface area contributed by atoms with E-state index in [4.69, 9.17) is 15.7 Å². The number of hydrogen-bond acceptors (Lipinski definition) is 4. The van der Waals surface area contributed by atoms with Crippen molar-refractivity contribution in [2.24, 2.45) is 16.3 Å². The van der Waals surface area contributed by atoms with Crippen LogP contribution in [0.5, 0.6) is 5.75 Å². The van der Waals surface area contributed by atoms with Crippen LogP contribution < -0.4 is 10.5 Å². The molecule has 0 bridgehead atoms. The van der Waals surface area contributed by atoms with Gasteiger partial charge in [-0.3, -0.25) is 4.79 Å². The van der Waals surface area contributed by atoms with Gasteiger partial charge in [0, 0.05) is 19.2 Å². The van der Waals surface area contributed by atoms with Gasteiger partial charge in [0.1, 0.15) is 11.2 Å². The average Bonchev–Trinajstić information content (AvgIpc) is 2.52. The van der Waals surface area contributed by atoms with Gasteiger partial charge in [-0.25, -0.2) is 0 Å². The topological polar surface area (TPSA) is 88.2 Å². The smallest absolute Gasteiger partial charge is 0.236 e. The molecule has 1 aromatic carbocycles. The summed E-state index contributed by atoms with van der Waals surface area (Å²) < 4.78 is 5.28. The molecule has 0 saturated carbocycles. The molecule has 0 aliphatic carbocycles. The summed E-state index contributed by atoms with van der Waals surface area (Å²) in [6.07, 6.45) is 0.442. The van der Waals surface area contributed by atoms with Gasteiger partial charge >= 0.3 is 0 Å². The second-order valence-corrected chi connectivity index (χ2v) is 5.14. The van der Waals surface area contributed by atoms with Crippen LogP contribution in [0.1, 0.15) is 25.8 Å². The van der Waals surface area contributed by atoms with Crippen LogP contribution in [-0.4, -0.2) is 36.0 Å². The van der Waals surface area contributed by atoms with Gasteiger partial charge in [-0.2, -0.15) is 0 Å². The van der Waals surface area contributed by atoms with Crippen molar-refractivity contribution >= 4 is 11.7 Å². The Hall–Kier alpha value is -2.24. The minimum Gasteiger partial charge on any atom is -0.496 e. The maximum Gasteiger partial charge on any atom is 0.236 e. The standard InChI is InChI=1S/C15H23N3O3/c1-5-15(2,13(16)17-20)14(19)18(3)10-11-8-6-7-9-12(11)21-4/h6-9,20H,5,10H2,1-4H3,(H2,16,17). The SMILES string of the molecule is CCC(C)(C(=O)N(C)Cc1ccccc1OC)/C(N)=N/O. The fourth-order valence-corrected chi connectivity index (χ4v) is 2.13. The number of oxime groups is 1. The molecule has 0 spiro atoms. The monoisotopic (exact) mass is 293 g/mol. The highest BCUT2D eigenvalue weighted by molar-refractivity contribution is 6.06. The molecule has 116 valence electrons. The summed E-state index contributed by atoms with van der Waals surface area (Å²) in [5.41, 5.74) is 5.55. The molecule has 0 aliphatic heterocycles. The molecule has 1 rings (SSSR count). The van der Waals surface area contributed by atoms with Gasteiger partial charge in [-0.1, -0.05) is 30.3 Å². The lowest BCUT2D eigenvalue weighted by atomic mass is 9.84. The highest BCUT2D eigenvalue weighted by atomic mass is 16.5. The molecule has 6 heteroatoms. The molecular formula is C15H23N3O3. The van der Waals surface area contributed by atoms with Crippen molar-refractivity contribution in [3.05, 3.63) is 29.8 Å². The zero-order valence-electron chi connectivity index (χ0n) is 13.0. The lowest BCUT2D eigenvalue weighted by Gasteiger charge is -2.30. The zero-order chi connectivity index (χ0) is 16.0. The number of nitrogens with zero attached hydrogens (tertiary/aromatic N) is 2. The lowest BCUT2D eigenvalue weighted by molar-refractivity contribution is -0.137. The van der Waals surface area contributed by atoms with E-state index >= 15 is 0 Å². The number of nitrogens with two attached hydrogens (primary N) is 1. The van der Waals surface area contributed by atoms with E-state index in [-0.39, 0.29) is 11.7 Å². The van der Waals surface area contributed by atoms with Gasteiger partial charge in [-0.05, 0) is 19.4 Å². The number of carbonyl (C=O) groups is 1. The van der Waals surface area contributed by atoms with Crippen molar-refractivity contribution in [2.75, 3.05) is 14.2 Å². The quantitative estimate of drug-likeness (QED) is 0.362. The molecule has 21 heavy (non-hydrogen) atoms. The number of methoxy groups -OCH3 is 1.